The lowest BCUT2D eigenvalue weighted by Gasteiger charge is -2.10. The van der Waals surface area contributed by atoms with E-state index in [9.17, 15) is 0 Å². The third kappa shape index (κ3) is 5.66. The van der Waals surface area contributed by atoms with Crippen molar-refractivity contribution in [1.82, 2.24) is 44.9 Å². The van der Waals surface area contributed by atoms with Crippen LogP contribution in [0.3, 0.4) is 0 Å². The van der Waals surface area contributed by atoms with Crippen molar-refractivity contribution < 1.29 is 0 Å². The normalized spacial score (nSPS) is 11.0. The second kappa shape index (κ2) is 11.7. The molecule has 0 saturated carbocycles. The van der Waals surface area contributed by atoms with Gasteiger partial charge in [0.25, 0.3) is 0 Å². The summed E-state index contributed by atoms with van der Waals surface area (Å²) in [4.78, 5) is 42.2. The summed E-state index contributed by atoms with van der Waals surface area (Å²) in [5.41, 5.74) is 8.79. The predicted molar refractivity (Wildman–Crippen MR) is 169 cm³/mol. The highest BCUT2D eigenvalue weighted by atomic mass is 14.9. The van der Waals surface area contributed by atoms with Crippen molar-refractivity contribution >= 4 is 0 Å². The third-order valence-corrected chi connectivity index (χ3v) is 6.83. The monoisotopic (exact) mass is 571 g/mol. The first-order chi connectivity index (χ1) is 21.6. The molecule has 0 atom stereocenters. The van der Waals surface area contributed by atoms with Gasteiger partial charge in [-0.25, -0.2) is 34.9 Å². The van der Waals surface area contributed by atoms with Gasteiger partial charge in [-0.3, -0.25) is 9.97 Å². The fourth-order valence-electron chi connectivity index (χ4n) is 4.85. The summed E-state index contributed by atoms with van der Waals surface area (Å²) in [5.74, 6) is 1.24. The highest BCUT2D eigenvalue weighted by Gasteiger charge is 2.14. The van der Waals surface area contributed by atoms with Crippen molar-refractivity contribution in [3.8, 4) is 68.3 Å². The molecule has 44 heavy (non-hydrogen) atoms. The molecule has 7 rings (SSSR count). The van der Waals surface area contributed by atoms with Crippen LogP contribution in [0.5, 0.6) is 0 Å². The van der Waals surface area contributed by atoms with Gasteiger partial charge < -0.3 is 0 Å². The lowest BCUT2D eigenvalue weighted by Crippen LogP contribution is -2.00. The largest absolute Gasteiger partial charge is 0.255 e. The van der Waals surface area contributed by atoms with Crippen LogP contribution in [0.1, 0.15) is 11.6 Å². The molecule has 7 aromatic rings. The first-order valence-corrected chi connectivity index (χ1v) is 14.1. The number of aromatic nitrogens is 9. The van der Waals surface area contributed by atoms with Gasteiger partial charge >= 0.3 is 0 Å². The van der Waals surface area contributed by atoms with Crippen molar-refractivity contribution in [2.45, 2.75) is 13.8 Å². The average Bonchev–Trinajstić information content (AvgIpc) is 3.09. The van der Waals surface area contributed by atoms with Gasteiger partial charge in [-0.2, -0.15) is 0 Å². The molecule has 0 saturated heterocycles. The van der Waals surface area contributed by atoms with Crippen LogP contribution < -0.4 is 0 Å². The first-order valence-electron chi connectivity index (χ1n) is 14.1. The Kier molecular flexibility index (Phi) is 7.09. The summed E-state index contributed by atoms with van der Waals surface area (Å²) >= 11 is 0. The Morgan fingerprint density at radius 1 is 0.295 bits per heavy atom. The Bertz CT molecular complexity index is 1950. The van der Waals surface area contributed by atoms with E-state index in [0.29, 0.717) is 45.8 Å². The molecule has 0 N–H and O–H groups in total. The van der Waals surface area contributed by atoms with Gasteiger partial charge in [-0.05, 0) is 86.6 Å². The van der Waals surface area contributed by atoms with Gasteiger partial charge in [0.05, 0.1) is 68.3 Å². The standard InChI is InChI=1S/C35H25N9/c1-22-38-32(28-14-7-12-26(42-28)24-10-3-5-18-36-24)20-34(40-22)30-16-9-17-31(44-30)35-21-33(39-23(2)41-35)29-15-8-13-27(43-29)25-11-4-6-19-37-25/h3-21H,1-2H3. The number of rotatable bonds is 6. The van der Waals surface area contributed by atoms with Crippen LogP contribution in [0.2, 0.25) is 0 Å². The van der Waals surface area contributed by atoms with Crippen LogP contribution in [0.4, 0.5) is 0 Å². The van der Waals surface area contributed by atoms with Crippen molar-refractivity contribution in [3.63, 3.8) is 0 Å². The second-order valence-electron chi connectivity index (χ2n) is 10.0. The maximum Gasteiger partial charge on any atom is 0.126 e. The maximum atomic E-state index is 4.95. The molecule has 0 unspecified atom stereocenters. The van der Waals surface area contributed by atoms with E-state index >= 15 is 0 Å². The second-order valence-corrected chi connectivity index (χ2v) is 10.0. The highest BCUT2D eigenvalue weighted by molar-refractivity contribution is 5.70. The summed E-state index contributed by atoms with van der Waals surface area (Å²) in [6.45, 7) is 3.73. The van der Waals surface area contributed by atoms with E-state index in [1.54, 1.807) is 12.4 Å². The van der Waals surface area contributed by atoms with Crippen LogP contribution in [0.25, 0.3) is 68.3 Å². The van der Waals surface area contributed by atoms with Gasteiger partial charge in [0, 0.05) is 12.4 Å². The van der Waals surface area contributed by atoms with Crippen molar-refractivity contribution in [2.75, 3.05) is 0 Å². The molecule has 0 radical (unpaired) electrons. The molecule has 7 aromatic heterocycles. The zero-order valence-corrected chi connectivity index (χ0v) is 24.0. The van der Waals surface area contributed by atoms with Gasteiger partial charge in [0.15, 0.2) is 0 Å². The van der Waals surface area contributed by atoms with E-state index in [4.69, 9.17) is 24.9 Å². The first kappa shape index (κ1) is 26.8. The molecule has 210 valence electrons. The smallest absolute Gasteiger partial charge is 0.126 e. The molecule has 0 spiro atoms. The highest BCUT2D eigenvalue weighted by Crippen LogP contribution is 2.27. The molecule has 0 bridgehead atoms. The number of nitrogens with zero attached hydrogens (tertiary/aromatic N) is 9. The number of aryl methyl sites for hydroxylation is 2. The van der Waals surface area contributed by atoms with E-state index < -0.39 is 0 Å². The van der Waals surface area contributed by atoms with Crippen molar-refractivity contribution in [3.05, 3.63) is 127 Å². The van der Waals surface area contributed by atoms with Crippen LogP contribution in [-0.2, 0) is 0 Å². The van der Waals surface area contributed by atoms with Crippen molar-refractivity contribution in [1.29, 1.82) is 0 Å². The van der Waals surface area contributed by atoms with Crippen molar-refractivity contribution in [2.24, 2.45) is 0 Å². The van der Waals surface area contributed by atoms with Gasteiger partial charge in [0.2, 0.25) is 0 Å². The molecule has 0 aliphatic rings. The molecule has 0 aliphatic carbocycles. The zero-order chi connectivity index (χ0) is 29.9. The Morgan fingerprint density at radius 2 is 0.591 bits per heavy atom. The average molecular weight is 572 g/mol. The summed E-state index contributed by atoms with van der Waals surface area (Å²) in [7, 11) is 0. The number of hydrogen-bond acceptors (Lipinski definition) is 9. The molecule has 9 nitrogen and oxygen atoms in total. The lowest BCUT2D eigenvalue weighted by molar-refractivity contribution is 1.04. The third-order valence-electron chi connectivity index (χ3n) is 6.83. The quantitative estimate of drug-likeness (QED) is 0.211. The minimum Gasteiger partial charge on any atom is -0.255 e. The fraction of sp³-hybridized carbons (Fsp3) is 0.0571. The van der Waals surface area contributed by atoms with E-state index in [2.05, 4.69) is 19.9 Å². The lowest BCUT2D eigenvalue weighted by atomic mass is 10.1. The predicted octanol–water partition coefficient (Wildman–Crippen LogP) is 6.86. The molecule has 7 heterocycles. The Balaban J connectivity index is 1.24. The van der Waals surface area contributed by atoms with Crippen LogP contribution in [-0.4, -0.2) is 44.9 Å². The molecular formula is C35H25N9. The summed E-state index contributed by atoms with van der Waals surface area (Å²) in [5, 5.41) is 0. The molecule has 0 fully saturated rings. The van der Waals surface area contributed by atoms with Crippen LogP contribution in [0, 0.1) is 13.8 Å². The van der Waals surface area contributed by atoms with E-state index in [1.807, 2.05) is 117 Å². The number of hydrogen-bond donors (Lipinski definition) is 0. The zero-order valence-electron chi connectivity index (χ0n) is 24.0. The summed E-state index contributed by atoms with van der Waals surface area (Å²) in [6, 6.07) is 32.8. The molecular weight excluding hydrogens is 546 g/mol. The minimum atomic E-state index is 0.619. The molecule has 0 aromatic carbocycles. The maximum absolute atomic E-state index is 4.95. The summed E-state index contributed by atoms with van der Waals surface area (Å²) in [6.07, 6.45) is 3.51. The van der Waals surface area contributed by atoms with Gasteiger partial charge in [-0.15, -0.1) is 0 Å². The molecule has 0 aliphatic heterocycles. The Hall–Kier alpha value is -6.09. The Labute approximate surface area is 253 Å². The van der Waals surface area contributed by atoms with Gasteiger partial charge in [-0.1, -0.05) is 30.3 Å². The van der Waals surface area contributed by atoms with E-state index in [-0.39, 0.29) is 0 Å². The van der Waals surface area contributed by atoms with E-state index in [1.165, 1.54) is 0 Å². The Morgan fingerprint density at radius 3 is 0.886 bits per heavy atom. The number of pyridine rings is 5. The summed E-state index contributed by atoms with van der Waals surface area (Å²) < 4.78 is 0. The topological polar surface area (TPSA) is 116 Å². The SMILES string of the molecule is Cc1nc(-c2cccc(-c3ccccn3)n2)cc(-c2cccc(-c3cc(-c4cccc(-c5ccccn5)n4)nc(C)n3)n2)n1. The molecule has 9 heteroatoms. The minimum absolute atomic E-state index is 0.619. The van der Waals surface area contributed by atoms with Crippen LogP contribution in [0.15, 0.2) is 116 Å². The fourth-order valence-corrected chi connectivity index (χ4v) is 4.85. The van der Waals surface area contributed by atoms with E-state index in [0.717, 1.165) is 34.2 Å². The molecule has 0 amide bonds. The van der Waals surface area contributed by atoms with Gasteiger partial charge in [0.1, 0.15) is 11.6 Å². The van der Waals surface area contributed by atoms with Crippen LogP contribution >= 0.6 is 0 Å².